The first kappa shape index (κ1) is 35.8. The number of allylic oxidation sites excluding steroid dienone is 8. The average Bonchev–Trinajstić information content (AvgIpc) is 3.11. The van der Waals surface area contributed by atoms with E-state index >= 15 is 0 Å². The smallest absolute Gasteiger partial charge is 0.242 e. The zero-order valence-electron chi connectivity index (χ0n) is 27.9. The molecule has 42 heavy (non-hydrogen) atoms. The van der Waals surface area contributed by atoms with Gasteiger partial charge in [0.15, 0.2) is 0 Å². The van der Waals surface area contributed by atoms with Crippen molar-refractivity contribution in [2.75, 3.05) is 6.54 Å². The van der Waals surface area contributed by atoms with Crippen LogP contribution in [0.3, 0.4) is 0 Å². The number of nitrogens with one attached hydrogen (secondary N) is 2. The summed E-state index contributed by atoms with van der Waals surface area (Å²) < 4.78 is 0. The maximum absolute atomic E-state index is 13.1. The van der Waals surface area contributed by atoms with Gasteiger partial charge in [-0.15, -0.1) is 0 Å². The van der Waals surface area contributed by atoms with Gasteiger partial charge in [0.25, 0.3) is 0 Å². The van der Waals surface area contributed by atoms with Crippen LogP contribution in [0, 0.1) is 11.3 Å². The van der Waals surface area contributed by atoms with Gasteiger partial charge in [-0.3, -0.25) is 14.4 Å². The summed E-state index contributed by atoms with van der Waals surface area (Å²) in [5, 5.41) is 6.13. The van der Waals surface area contributed by atoms with Gasteiger partial charge in [-0.25, -0.2) is 0 Å². The Bertz CT molecular complexity index is 1020. The van der Waals surface area contributed by atoms with E-state index in [-0.39, 0.29) is 17.2 Å². The lowest BCUT2D eigenvalue weighted by Crippen LogP contribution is -2.47. The Kier molecular flexibility index (Phi) is 15.6. The Morgan fingerprint density at radius 1 is 0.833 bits per heavy atom. The molecule has 0 radical (unpaired) electrons. The Balaban J connectivity index is 1.73. The van der Waals surface area contributed by atoms with Gasteiger partial charge in [0, 0.05) is 31.2 Å². The van der Waals surface area contributed by atoms with E-state index in [0.29, 0.717) is 43.9 Å². The summed E-state index contributed by atoms with van der Waals surface area (Å²) in [6, 6.07) is -0.492. The van der Waals surface area contributed by atoms with Crippen molar-refractivity contribution in [3.8, 4) is 0 Å². The van der Waals surface area contributed by atoms with Crippen molar-refractivity contribution < 1.29 is 14.4 Å². The largest absolute Gasteiger partial charge is 0.354 e. The van der Waals surface area contributed by atoms with Crippen LogP contribution in [0.4, 0.5) is 0 Å². The highest BCUT2D eigenvalue weighted by molar-refractivity contribution is 5.87. The van der Waals surface area contributed by atoms with E-state index in [4.69, 9.17) is 0 Å². The fourth-order valence-corrected chi connectivity index (χ4v) is 6.27. The minimum absolute atomic E-state index is 0.0441. The minimum atomic E-state index is -0.492. The van der Waals surface area contributed by atoms with E-state index in [1.807, 2.05) is 0 Å². The summed E-state index contributed by atoms with van der Waals surface area (Å²) in [6.07, 6.45) is 19.7. The molecule has 0 spiro atoms. The van der Waals surface area contributed by atoms with Gasteiger partial charge in [-0.2, -0.15) is 0 Å². The summed E-state index contributed by atoms with van der Waals surface area (Å²) in [6.45, 7) is 16.0. The van der Waals surface area contributed by atoms with Gasteiger partial charge in [0.1, 0.15) is 11.8 Å². The van der Waals surface area contributed by atoms with E-state index in [1.165, 1.54) is 27.9 Å². The first-order valence-corrected chi connectivity index (χ1v) is 16.8. The molecule has 0 aromatic carbocycles. The number of amides is 2. The van der Waals surface area contributed by atoms with Crippen LogP contribution in [0.15, 0.2) is 46.1 Å². The summed E-state index contributed by atoms with van der Waals surface area (Å²) in [5.41, 5.74) is 6.66. The second-order valence-electron chi connectivity index (χ2n) is 13.4. The van der Waals surface area contributed by atoms with Crippen molar-refractivity contribution in [1.82, 2.24) is 10.6 Å². The van der Waals surface area contributed by atoms with Crippen LogP contribution in [-0.2, 0) is 14.4 Å². The third kappa shape index (κ3) is 11.7. The number of ketones is 1. The SMILES string of the molecule is CC1=C(C)C(C)(CCC(=O)N[C@@H](CCCCC(C)C)C(=O)NCCCCCC(=O)CCCC2=CCCC=C2)C(C)=C1C. The Morgan fingerprint density at radius 2 is 1.50 bits per heavy atom. The van der Waals surface area contributed by atoms with Gasteiger partial charge in [-0.1, -0.05) is 81.4 Å². The van der Waals surface area contributed by atoms with Crippen molar-refractivity contribution >= 4 is 17.6 Å². The molecule has 2 rings (SSSR count). The maximum Gasteiger partial charge on any atom is 0.242 e. The van der Waals surface area contributed by atoms with Crippen LogP contribution in [0.5, 0.6) is 0 Å². The van der Waals surface area contributed by atoms with Gasteiger partial charge in [0.2, 0.25) is 11.8 Å². The Hall–Kier alpha value is -2.43. The number of rotatable bonds is 20. The highest BCUT2D eigenvalue weighted by Crippen LogP contribution is 2.49. The molecule has 2 aliphatic rings. The second-order valence-corrected chi connectivity index (χ2v) is 13.4. The van der Waals surface area contributed by atoms with Crippen molar-refractivity contribution in [3.05, 3.63) is 46.1 Å². The van der Waals surface area contributed by atoms with E-state index < -0.39 is 6.04 Å². The normalized spacial score (nSPS) is 17.1. The summed E-state index contributed by atoms with van der Waals surface area (Å²) >= 11 is 0. The van der Waals surface area contributed by atoms with Crippen LogP contribution in [0.2, 0.25) is 0 Å². The topological polar surface area (TPSA) is 75.3 Å². The van der Waals surface area contributed by atoms with E-state index in [0.717, 1.165) is 70.6 Å². The Morgan fingerprint density at radius 3 is 2.14 bits per heavy atom. The minimum Gasteiger partial charge on any atom is -0.354 e. The van der Waals surface area contributed by atoms with Crippen molar-refractivity contribution in [3.63, 3.8) is 0 Å². The fraction of sp³-hybridized carbons (Fsp3) is 0.703. The number of carbonyl (C=O) groups excluding carboxylic acids is 3. The van der Waals surface area contributed by atoms with Gasteiger partial charge in [0.05, 0.1) is 0 Å². The molecule has 0 aromatic heterocycles. The predicted molar refractivity (Wildman–Crippen MR) is 176 cm³/mol. The first-order chi connectivity index (χ1) is 20.0. The molecule has 5 nitrogen and oxygen atoms in total. The molecule has 0 bridgehead atoms. The molecular formula is C37H60N2O3. The zero-order valence-corrected chi connectivity index (χ0v) is 27.9. The van der Waals surface area contributed by atoms with Crippen LogP contribution in [0.25, 0.3) is 0 Å². The molecule has 2 amide bonds. The van der Waals surface area contributed by atoms with E-state index in [1.54, 1.807) is 0 Å². The maximum atomic E-state index is 13.1. The van der Waals surface area contributed by atoms with Crippen LogP contribution >= 0.6 is 0 Å². The molecule has 0 unspecified atom stereocenters. The molecule has 5 heteroatoms. The zero-order chi connectivity index (χ0) is 31.1. The lowest BCUT2D eigenvalue weighted by atomic mass is 9.75. The highest BCUT2D eigenvalue weighted by Gasteiger charge is 2.36. The summed E-state index contributed by atoms with van der Waals surface area (Å²) in [7, 11) is 0. The number of unbranched alkanes of at least 4 members (excludes halogenated alkanes) is 3. The summed E-state index contributed by atoms with van der Waals surface area (Å²) in [5.74, 6) is 0.854. The third-order valence-corrected chi connectivity index (χ3v) is 9.80. The third-order valence-electron chi connectivity index (χ3n) is 9.80. The number of hydrogen-bond acceptors (Lipinski definition) is 3. The highest BCUT2D eigenvalue weighted by atomic mass is 16.2. The Labute approximate surface area is 257 Å². The molecule has 0 heterocycles. The molecule has 0 saturated heterocycles. The molecule has 0 aliphatic heterocycles. The number of hydrogen-bond donors (Lipinski definition) is 2. The molecule has 0 fully saturated rings. The molecule has 1 atom stereocenters. The molecule has 2 aliphatic carbocycles. The fourth-order valence-electron chi connectivity index (χ4n) is 6.27. The average molecular weight is 581 g/mol. The summed E-state index contributed by atoms with van der Waals surface area (Å²) in [4.78, 5) is 38.4. The van der Waals surface area contributed by atoms with Crippen molar-refractivity contribution in [1.29, 1.82) is 0 Å². The van der Waals surface area contributed by atoms with E-state index in [9.17, 15) is 14.4 Å². The quantitative estimate of drug-likeness (QED) is 0.141. The molecular weight excluding hydrogens is 520 g/mol. The first-order valence-electron chi connectivity index (χ1n) is 16.8. The van der Waals surface area contributed by atoms with Crippen molar-refractivity contribution in [2.45, 2.75) is 151 Å². The molecule has 2 N–H and O–H groups in total. The molecule has 0 saturated carbocycles. The van der Waals surface area contributed by atoms with Gasteiger partial charge >= 0.3 is 0 Å². The van der Waals surface area contributed by atoms with Gasteiger partial charge < -0.3 is 10.6 Å². The van der Waals surface area contributed by atoms with E-state index in [2.05, 4.69) is 77.3 Å². The second kappa shape index (κ2) is 18.3. The van der Waals surface area contributed by atoms with Crippen LogP contribution in [-0.4, -0.2) is 30.2 Å². The number of Topliss-reactive ketones (excluding diaryl/α,β-unsaturated/α-hetero) is 1. The van der Waals surface area contributed by atoms with Crippen LogP contribution in [0.1, 0.15) is 145 Å². The standard InChI is InChI=1S/C37H60N2O3/c1-27(2)17-13-14-23-34(39-35(41)24-25-37(7)30(5)28(3)29(4)31(37)6)36(42)38-26-15-9-12-21-33(40)22-16-20-32-18-10-8-11-19-32/h10,18-19,27,34H,8-9,11-17,20-26H2,1-7H3,(H,38,42)(H,39,41)/t34-/m0/s1. The van der Waals surface area contributed by atoms with Crippen LogP contribution < -0.4 is 10.6 Å². The monoisotopic (exact) mass is 580 g/mol. The number of carbonyl (C=O) groups is 3. The lowest BCUT2D eigenvalue weighted by Gasteiger charge is -2.29. The molecule has 236 valence electrons. The lowest BCUT2D eigenvalue weighted by molar-refractivity contribution is -0.129. The predicted octanol–water partition coefficient (Wildman–Crippen LogP) is 8.85. The molecule has 0 aromatic rings. The van der Waals surface area contributed by atoms with Gasteiger partial charge in [-0.05, 0) is 96.1 Å². The van der Waals surface area contributed by atoms with Crippen molar-refractivity contribution in [2.24, 2.45) is 11.3 Å².